The molecule has 0 aromatic rings. The third-order valence-corrected chi connectivity index (χ3v) is 0.390. The van der Waals surface area contributed by atoms with Crippen LogP contribution < -0.4 is 5.73 Å². The van der Waals surface area contributed by atoms with Crippen molar-refractivity contribution >= 4 is 5.84 Å². The van der Waals surface area contributed by atoms with E-state index in [4.69, 9.17) is 10.8 Å². The molecule has 0 aliphatic heterocycles. The van der Waals surface area contributed by atoms with E-state index in [0.29, 0.717) is 5.84 Å². The van der Waals surface area contributed by atoms with Gasteiger partial charge in [-0.1, -0.05) is 0 Å². The highest BCUT2D eigenvalue weighted by Crippen LogP contribution is 1.78. The van der Waals surface area contributed by atoms with Crippen LogP contribution in [0.3, 0.4) is 0 Å². The van der Waals surface area contributed by atoms with Crippen molar-refractivity contribution in [3.63, 3.8) is 0 Å². The zero-order chi connectivity index (χ0) is 5.86. The van der Waals surface area contributed by atoms with Crippen LogP contribution in [0.1, 0.15) is 13.8 Å². The number of aliphatic imine (C=N–C) groups is 1. The summed E-state index contributed by atoms with van der Waals surface area (Å²) in [4.78, 5) is 3.53. The second-order valence-corrected chi connectivity index (χ2v) is 1.40. The van der Waals surface area contributed by atoms with Crippen molar-refractivity contribution < 1.29 is 5.11 Å². The molecule has 0 saturated heterocycles. The summed E-state index contributed by atoms with van der Waals surface area (Å²) in [5.41, 5.74) is 5.08. The summed E-state index contributed by atoms with van der Waals surface area (Å²) in [5.74, 6) is 0.412. The zero-order valence-corrected chi connectivity index (χ0v) is 4.55. The fourth-order valence-electron chi connectivity index (χ4n) is 0.295. The number of hydrogen-bond acceptors (Lipinski definition) is 2. The van der Waals surface area contributed by atoms with Gasteiger partial charge >= 0.3 is 0 Å². The lowest BCUT2D eigenvalue weighted by atomic mass is 10.6. The third kappa shape index (κ3) is 5.43. The predicted molar refractivity (Wildman–Crippen MR) is 29.0 cm³/mol. The fraction of sp³-hybridized carbons (Fsp3) is 0.750. The number of amidine groups is 1. The van der Waals surface area contributed by atoms with Gasteiger partial charge in [0.2, 0.25) is 0 Å². The molecule has 0 bridgehead atoms. The summed E-state index contributed by atoms with van der Waals surface area (Å²) < 4.78 is 0. The summed E-state index contributed by atoms with van der Waals surface area (Å²) >= 11 is 0. The molecule has 0 radical (unpaired) electrons. The van der Waals surface area contributed by atoms with Crippen molar-refractivity contribution in [3.8, 4) is 0 Å². The Morgan fingerprint density at radius 3 is 2.29 bits per heavy atom. The molecule has 1 atom stereocenters. The maximum Gasteiger partial charge on any atom is 0.144 e. The van der Waals surface area contributed by atoms with Gasteiger partial charge < -0.3 is 10.8 Å². The van der Waals surface area contributed by atoms with Crippen molar-refractivity contribution in [1.82, 2.24) is 0 Å². The number of aliphatic hydroxyl groups excluding tert-OH is 1. The summed E-state index contributed by atoms with van der Waals surface area (Å²) in [7, 11) is 0. The largest absolute Gasteiger partial charge is 0.388 e. The van der Waals surface area contributed by atoms with Gasteiger partial charge in [-0.3, -0.25) is 0 Å². The van der Waals surface area contributed by atoms with Crippen LogP contribution in [0.15, 0.2) is 4.99 Å². The van der Waals surface area contributed by atoms with Crippen LogP contribution in [0.5, 0.6) is 0 Å². The molecule has 0 aliphatic rings. The number of nitrogens with zero attached hydrogens (tertiary/aromatic N) is 1. The summed E-state index contributed by atoms with van der Waals surface area (Å²) in [6.07, 6.45) is -0.662. The Morgan fingerprint density at radius 2 is 2.29 bits per heavy atom. The van der Waals surface area contributed by atoms with Crippen LogP contribution in [-0.4, -0.2) is 17.2 Å². The molecule has 7 heavy (non-hydrogen) atoms. The van der Waals surface area contributed by atoms with E-state index in [0.717, 1.165) is 0 Å². The topological polar surface area (TPSA) is 58.6 Å². The van der Waals surface area contributed by atoms with Gasteiger partial charge in [-0.2, -0.15) is 0 Å². The van der Waals surface area contributed by atoms with Crippen LogP contribution >= 0.6 is 0 Å². The van der Waals surface area contributed by atoms with Gasteiger partial charge in [-0.25, -0.2) is 4.99 Å². The van der Waals surface area contributed by atoms with Crippen molar-refractivity contribution in [1.29, 1.82) is 0 Å². The van der Waals surface area contributed by atoms with E-state index in [1.54, 1.807) is 13.8 Å². The Labute approximate surface area is 42.9 Å². The number of aliphatic hydroxyl groups is 1. The molecular weight excluding hydrogens is 92.1 g/mol. The average molecular weight is 102 g/mol. The molecule has 0 rings (SSSR count). The van der Waals surface area contributed by atoms with Crippen molar-refractivity contribution in [2.75, 3.05) is 0 Å². The smallest absolute Gasteiger partial charge is 0.144 e. The Balaban J connectivity index is 3.45. The Bertz CT molecular complexity index is 73.8. The molecule has 3 nitrogen and oxygen atoms in total. The average Bonchev–Trinajstić information content (AvgIpc) is 1.27. The molecule has 0 aromatic heterocycles. The highest BCUT2D eigenvalue weighted by molar-refractivity contribution is 5.77. The van der Waals surface area contributed by atoms with E-state index in [1.165, 1.54) is 0 Å². The molecule has 0 fully saturated rings. The van der Waals surface area contributed by atoms with Crippen molar-refractivity contribution in [2.45, 2.75) is 20.1 Å². The Hall–Kier alpha value is -0.570. The highest BCUT2D eigenvalue weighted by atomic mass is 16.3. The Morgan fingerprint density at radius 1 is 1.86 bits per heavy atom. The molecule has 0 heterocycles. The third-order valence-electron chi connectivity index (χ3n) is 0.390. The van der Waals surface area contributed by atoms with E-state index in [2.05, 4.69) is 4.99 Å². The first-order chi connectivity index (χ1) is 3.13. The van der Waals surface area contributed by atoms with Gasteiger partial charge in [0.15, 0.2) is 0 Å². The standard InChI is InChI=1S/C4H10N2O/c1-3(5)6-4(2)7/h4,7H,1-2H3,(H2,5,6). The summed E-state index contributed by atoms with van der Waals surface area (Å²) in [5, 5.41) is 8.46. The second kappa shape index (κ2) is 2.58. The van der Waals surface area contributed by atoms with Gasteiger partial charge in [0, 0.05) is 0 Å². The van der Waals surface area contributed by atoms with Crippen LogP contribution in [0, 0.1) is 0 Å². The number of hydrogen-bond donors (Lipinski definition) is 2. The minimum Gasteiger partial charge on any atom is -0.388 e. The first-order valence-corrected chi connectivity index (χ1v) is 2.11. The monoisotopic (exact) mass is 102 g/mol. The van der Waals surface area contributed by atoms with Crippen LogP contribution in [-0.2, 0) is 0 Å². The predicted octanol–water partition coefficient (Wildman–Crippen LogP) is -0.298. The minimum atomic E-state index is -0.662. The molecule has 42 valence electrons. The van der Waals surface area contributed by atoms with Gasteiger partial charge in [-0.05, 0) is 13.8 Å². The van der Waals surface area contributed by atoms with E-state index in [9.17, 15) is 0 Å². The summed E-state index contributed by atoms with van der Waals surface area (Å²) in [6.45, 7) is 3.18. The molecule has 3 N–H and O–H groups in total. The van der Waals surface area contributed by atoms with Gasteiger partial charge in [0.1, 0.15) is 6.23 Å². The molecule has 3 heteroatoms. The molecule has 0 saturated carbocycles. The molecule has 0 aliphatic carbocycles. The SMILES string of the molecule is C/C(N)=N/C(C)O. The summed E-state index contributed by atoms with van der Waals surface area (Å²) in [6, 6.07) is 0. The zero-order valence-electron chi connectivity index (χ0n) is 4.55. The van der Waals surface area contributed by atoms with E-state index in [1.807, 2.05) is 0 Å². The second-order valence-electron chi connectivity index (χ2n) is 1.40. The number of nitrogens with two attached hydrogens (primary N) is 1. The first-order valence-electron chi connectivity index (χ1n) is 2.11. The van der Waals surface area contributed by atoms with Crippen LogP contribution in [0.2, 0.25) is 0 Å². The quantitative estimate of drug-likeness (QED) is 0.353. The van der Waals surface area contributed by atoms with Gasteiger partial charge in [0.05, 0.1) is 5.84 Å². The van der Waals surface area contributed by atoms with Crippen LogP contribution in [0.4, 0.5) is 0 Å². The normalized spacial score (nSPS) is 16.7. The lowest BCUT2D eigenvalue weighted by molar-refractivity contribution is 0.205. The maximum atomic E-state index is 8.46. The molecule has 0 spiro atoms. The van der Waals surface area contributed by atoms with Gasteiger partial charge in [-0.15, -0.1) is 0 Å². The molecule has 0 aromatic carbocycles. The van der Waals surface area contributed by atoms with Crippen molar-refractivity contribution in [3.05, 3.63) is 0 Å². The molecular formula is C4H10N2O. The van der Waals surface area contributed by atoms with E-state index < -0.39 is 6.23 Å². The minimum absolute atomic E-state index is 0.412. The molecule has 1 unspecified atom stereocenters. The first kappa shape index (κ1) is 6.43. The van der Waals surface area contributed by atoms with Gasteiger partial charge in [0.25, 0.3) is 0 Å². The highest BCUT2D eigenvalue weighted by Gasteiger charge is 1.84. The van der Waals surface area contributed by atoms with Crippen molar-refractivity contribution in [2.24, 2.45) is 10.7 Å². The maximum absolute atomic E-state index is 8.46. The lowest BCUT2D eigenvalue weighted by Gasteiger charge is -1.93. The fourth-order valence-corrected chi connectivity index (χ4v) is 0.295. The molecule has 0 amide bonds. The lowest BCUT2D eigenvalue weighted by Crippen LogP contribution is -2.09. The van der Waals surface area contributed by atoms with Crippen LogP contribution in [0.25, 0.3) is 0 Å². The van der Waals surface area contributed by atoms with E-state index >= 15 is 0 Å². The number of rotatable bonds is 1. The van der Waals surface area contributed by atoms with E-state index in [-0.39, 0.29) is 0 Å². The Kier molecular flexibility index (Phi) is 2.37.